The molecular formula is C15H19N3OS. The lowest BCUT2D eigenvalue weighted by Crippen LogP contribution is -2.15. The highest BCUT2D eigenvalue weighted by atomic mass is 32.2. The maximum absolute atomic E-state index is 5.13. The van der Waals surface area contributed by atoms with Crippen molar-refractivity contribution < 1.29 is 4.74 Å². The van der Waals surface area contributed by atoms with Crippen molar-refractivity contribution in [2.75, 3.05) is 19.4 Å². The zero-order valence-corrected chi connectivity index (χ0v) is 12.4. The van der Waals surface area contributed by atoms with Crippen molar-refractivity contribution in [3.05, 3.63) is 48.3 Å². The smallest absolute Gasteiger partial charge is 0.187 e. The fourth-order valence-corrected chi connectivity index (χ4v) is 2.44. The Morgan fingerprint density at radius 1 is 1.15 bits per heavy atom. The topological polar surface area (TPSA) is 47.0 Å². The van der Waals surface area contributed by atoms with E-state index in [2.05, 4.69) is 27.4 Å². The first kappa shape index (κ1) is 14.8. The van der Waals surface area contributed by atoms with Crippen LogP contribution in [0.15, 0.2) is 47.9 Å². The Morgan fingerprint density at radius 2 is 1.90 bits per heavy atom. The van der Waals surface area contributed by atoms with Gasteiger partial charge in [-0.15, -0.1) is 0 Å². The third kappa shape index (κ3) is 5.19. The number of hydrogen-bond donors (Lipinski definition) is 1. The van der Waals surface area contributed by atoms with Crippen molar-refractivity contribution in [3.63, 3.8) is 0 Å². The van der Waals surface area contributed by atoms with Crippen molar-refractivity contribution >= 4 is 11.8 Å². The van der Waals surface area contributed by atoms with Crippen molar-refractivity contribution in [2.24, 2.45) is 0 Å². The molecule has 1 heterocycles. The second-order valence-corrected chi connectivity index (χ2v) is 5.32. The van der Waals surface area contributed by atoms with Gasteiger partial charge in [0.15, 0.2) is 5.16 Å². The maximum atomic E-state index is 5.13. The number of rotatable bonds is 8. The Hall–Kier alpha value is -1.59. The predicted molar refractivity (Wildman–Crippen MR) is 82.1 cm³/mol. The first-order chi connectivity index (χ1) is 9.88. The first-order valence-electron chi connectivity index (χ1n) is 6.62. The van der Waals surface area contributed by atoms with Gasteiger partial charge in [-0.2, -0.15) is 0 Å². The van der Waals surface area contributed by atoms with Gasteiger partial charge in [0.2, 0.25) is 0 Å². The molecule has 106 valence electrons. The van der Waals surface area contributed by atoms with Crippen molar-refractivity contribution in [1.29, 1.82) is 0 Å². The zero-order chi connectivity index (χ0) is 14.0. The molecule has 20 heavy (non-hydrogen) atoms. The molecule has 2 rings (SSSR count). The molecule has 4 nitrogen and oxygen atoms in total. The monoisotopic (exact) mass is 289 g/mol. The van der Waals surface area contributed by atoms with Crippen molar-refractivity contribution in [2.45, 2.75) is 18.1 Å². The van der Waals surface area contributed by atoms with Gasteiger partial charge in [-0.25, -0.2) is 9.97 Å². The molecule has 0 radical (unpaired) electrons. The fraction of sp³-hybridized carbons (Fsp3) is 0.333. The lowest BCUT2D eigenvalue weighted by atomic mass is 10.2. The second kappa shape index (κ2) is 8.55. The molecule has 5 heteroatoms. The lowest BCUT2D eigenvalue weighted by Gasteiger charge is -2.05. The van der Waals surface area contributed by atoms with Crippen LogP contribution in [0.25, 0.3) is 0 Å². The Labute approximate surface area is 124 Å². The molecule has 0 saturated heterocycles. The molecule has 0 atom stereocenters. The Morgan fingerprint density at radius 3 is 2.60 bits per heavy atom. The number of hydrogen-bond acceptors (Lipinski definition) is 5. The van der Waals surface area contributed by atoms with Crippen LogP contribution >= 0.6 is 11.8 Å². The van der Waals surface area contributed by atoms with E-state index in [0.717, 1.165) is 36.2 Å². The molecule has 1 N–H and O–H groups in total. The van der Waals surface area contributed by atoms with Crippen LogP contribution < -0.4 is 10.1 Å². The number of benzene rings is 1. The average Bonchev–Trinajstić information content (AvgIpc) is 2.52. The summed E-state index contributed by atoms with van der Waals surface area (Å²) in [6.45, 7) is 1.88. The molecule has 1 aromatic heterocycles. The van der Waals surface area contributed by atoms with E-state index in [0.29, 0.717) is 0 Å². The summed E-state index contributed by atoms with van der Waals surface area (Å²) in [5, 5.41) is 4.28. The third-order valence-corrected chi connectivity index (χ3v) is 3.72. The lowest BCUT2D eigenvalue weighted by molar-refractivity contribution is 0.414. The number of methoxy groups -OCH3 is 1. The maximum Gasteiger partial charge on any atom is 0.187 e. The molecule has 1 aromatic carbocycles. The van der Waals surface area contributed by atoms with E-state index < -0.39 is 0 Å². The minimum atomic E-state index is 0.850. The normalized spacial score (nSPS) is 10.4. The average molecular weight is 289 g/mol. The van der Waals surface area contributed by atoms with E-state index in [9.17, 15) is 0 Å². The number of nitrogens with zero attached hydrogens (tertiary/aromatic N) is 2. The molecule has 0 fully saturated rings. The van der Waals surface area contributed by atoms with E-state index in [4.69, 9.17) is 4.74 Å². The van der Waals surface area contributed by atoms with Crippen molar-refractivity contribution in [1.82, 2.24) is 15.3 Å². The third-order valence-electron chi connectivity index (χ3n) is 2.76. The molecule has 2 aromatic rings. The molecular weight excluding hydrogens is 270 g/mol. The van der Waals surface area contributed by atoms with E-state index >= 15 is 0 Å². The first-order valence-corrected chi connectivity index (χ1v) is 7.60. The van der Waals surface area contributed by atoms with Crippen LogP contribution in [0.3, 0.4) is 0 Å². The van der Waals surface area contributed by atoms with Gasteiger partial charge in [-0.1, -0.05) is 23.9 Å². The summed E-state index contributed by atoms with van der Waals surface area (Å²) in [4.78, 5) is 8.36. The predicted octanol–water partition coefficient (Wildman–Crippen LogP) is 2.76. The van der Waals surface area contributed by atoms with Gasteiger partial charge in [-0.3, -0.25) is 0 Å². The summed E-state index contributed by atoms with van der Waals surface area (Å²) in [5.74, 6) is 1.92. The van der Waals surface area contributed by atoms with Crippen LogP contribution in [0.1, 0.15) is 12.0 Å². The molecule has 0 aliphatic carbocycles. The summed E-state index contributed by atoms with van der Waals surface area (Å²) in [7, 11) is 1.68. The molecule has 0 aliphatic heterocycles. The van der Waals surface area contributed by atoms with Crippen molar-refractivity contribution in [3.8, 4) is 5.75 Å². The van der Waals surface area contributed by atoms with E-state index in [1.807, 2.05) is 18.2 Å². The number of ether oxygens (including phenoxy) is 1. The van der Waals surface area contributed by atoms with Gasteiger partial charge in [-0.05, 0) is 36.7 Å². The Kier molecular flexibility index (Phi) is 6.34. The zero-order valence-electron chi connectivity index (χ0n) is 11.6. The highest BCUT2D eigenvalue weighted by Gasteiger charge is 1.97. The van der Waals surface area contributed by atoms with Gasteiger partial charge in [0.25, 0.3) is 0 Å². The van der Waals surface area contributed by atoms with Crippen LogP contribution in [0.4, 0.5) is 0 Å². The van der Waals surface area contributed by atoms with Gasteiger partial charge in [0, 0.05) is 24.7 Å². The van der Waals surface area contributed by atoms with Crippen LogP contribution in [0, 0.1) is 0 Å². The highest BCUT2D eigenvalue weighted by Crippen LogP contribution is 2.12. The quantitative estimate of drug-likeness (QED) is 0.460. The molecule has 0 spiro atoms. The van der Waals surface area contributed by atoms with Gasteiger partial charge in [0.1, 0.15) is 5.75 Å². The molecule has 0 aliphatic rings. The summed E-state index contributed by atoms with van der Waals surface area (Å²) < 4.78 is 5.13. The number of thioether (sulfide) groups is 1. The highest BCUT2D eigenvalue weighted by molar-refractivity contribution is 7.99. The van der Waals surface area contributed by atoms with E-state index in [1.54, 1.807) is 31.3 Å². The van der Waals surface area contributed by atoms with Crippen LogP contribution in [-0.2, 0) is 6.54 Å². The van der Waals surface area contributed by atoms with E-state index in [-0.39, 0.29) is 0 Å². The van der Waals surface area contributed by atoms with Crippen LogP contribution in [0.5, 0.6) is 5.75 Å². The largest absolute Gasteiger partial charge is 0.497 e. The second-order valence-electron chi connectivity index (χ2n) is 4.26. The fourth-order valence-electron chi connectivity index (χ4n) is 1.70. The molecule has 0 unspecified atom stereocenters. The van der Waals surface area contributed by atoms with Gasteiger partial charge < -0.3 is 10.1 Å². The Balaban J connectivity index is 1.57. The summed E-state index contributed by atoms with van der Waals surface area (Å²) in [6.07, 6.45) is 4.65. The standard InChI is InChI=1S/C15H19N3OS/c1-19-14-6-4-13(5-7-14)12-16-8-3-11-20-15-17-9-2-10-18-15/h2,4-7,9-10,16H,3,8,11-12H2,1H3. The summed E-state index contributed by atoms with van der Waals surface area (Å²) in [6, 6.07) is 9.97. The van der Waals surface area contributed by atoms with Crippen LogP contribution in [0.2, 0.25) is 0 Å². The summed E-state index contributed by atoms with van der Waals surface area (Å²) >= 11 is 1.69. The number of aromatic nitrogens is 2. The molecule has 0 saturated carbocycles. The minimum absolute atomic E-state index is 0.850. The Bertz CT molecular complexity index is 490. The number of nitrogens with one attached hydrogen (secondary N) is 1. The molecule has 0 amide bonds. The minimum Gasteiger partial charge on any atom is -0.497 e. The van der Waals surface area contributed by atoms with Crippen LogP contribution in [-0.4, -0.2) is 29.4 Å². The summed E-state index contributed by atoms with van der Waals surface area (Å²) in [5.41, 5.74) is 1.27. The van der Waals surface area contributed by atoms with Gasteiger partial charge in [0.05, 0.1) is 7.11 Å². The SMILES string of the molecule is COc1ccc(CNCCCSc2ncccn2)cc1. The van der Waals surface area contributed by atoms with Gasteiger partial charge >= 0.3 is 0 Å². The van der Waals surface area contributed by atoms with E-state index in [1.165, 1.54) is 5.56 Å². The molecule has 0 bridgehead atoms.